The zero-order valence-electron chi connectivity index (χ0n) is 21.6. The van der Waals surface area contributed by atoms with Gasteiger partial charge >= 0.3 is 24.2 Å². The van der Waals surface area contributed by atoms with E-state index in [0.29, 0.717) is 24.8 Å². The third kappa shape index (κ3) is 11.4. The molecule has 0 amide bonds. The highest BCUT2D eigenvalue weighted by Crippen LogP contribution is 2.30. The van der Waals surface area contributed by atoms with E-state index in [2.05, 4.69) is 0 Å². The molecule has 0 aromatic heterocycles. The lowest BCUT2D eigenvalue weighted by molar-refractivity contribution is -0.166. The number of carbonyl (C=O) groups excluding carboxylic acids is 4. The summed E-state index contributed by atoms with van der Waals surface area (Å²) in [6.45, 7) is 9.05. The van der Waals surface area contributed by atoms with Crippen molar-refractivity contribution in [1.82, 2.24) is 0 Å². The predicted octanol–water partition coefficient (Wildman–Crippen LogP) is 4.07. The van der Waals surface area contributed by atoms with Gasteiger partial charge in [-0.1, -0.05) is 26.8 Å². The lowest BCUT2D eigenvalue weighted by Gasteiger charge is -2.22. The minimum absolute atomic E-state index is 0.0243. The van der Waals surface area contributed by atoms with Crippen molar-refractivity contribution in [2.45, 2.75) is 85.0 Å². The van der Waals surface area contributed by atoms with E-state index in [1.807, 2.05) is 20.8 Å². The molecule has 1 aromatic carbocycles. The summed E-state index contributed by atoms with van der Waals surface area (Å²) in [4.78, 5) is 48.0. The van der Waals surface area contributed by atoms with E-state index in [4.69, 9.17) is 34.2 Å². The molecular formula is C25H37NO10. The maximum atomic E-state index is 12.5. The summed E-state index contributed by atoms with van der Waals surface area (Å²) in [5.41, 5.74) is 6.52. The molecule has 1 aromatic rings. The molecule has 0 heterocycles. The fourth-order valence-corrected chi connectivity index (χ4v) is 2.72. The van der Waals surface area contributed by atoms with Crippen LogP contribution in [-0.4, -0.2) is 55.7 Å². The lowest BCUT2D eigenvalue weighted by atomic mass is 10.1. The van der Waals surface area contributed by atoms with E-state index >= 15 is 0 Å². The highest BCUT2D eigenvalue weighted by molar-refractivity contribution is 5.76. The molecule has 0 saturated heterocycles. The molecule has 0 aliphatic heterocycles. The Hall–Kier alpha value is -3.34. The summed E-state index contributed by atoms with van der Waals surface area (Å²) in [5.74, 6) is -1.24. The van der Waals surface area contributed by atoms with E-state index in [9.17, 15) is 19.2 Å². The molecule has 0 saturated carbocycles. The number of esters is 2. The van der Waals surface area contributed by atoms with Gasteiger partial charge in [-0.15, -0.1) is 0 Å². The van der Waals surface area contributed by atoms with Crippen LogP contribution in [0.3, 0.4) is 0 Å². The highest BCUT2D eigenvalue weighted by atomic mass is 16.7. The molecule has 0 bridgehead atoms. The van der Waals surface area contributed by atoms with Crippen molar-refractivity contribution in [2.75, 3.05) is 13.2 Å². The van der Waals surface area contributed by atoms with Gasteiger partial charge in [0.05, 0.1) is 13.2 Å². The Bertz CT molecular complexity index is 872. The Morgan fingerprint density at radius 1 is 0.806 bits per heavy atom. The lowest BCUT2D eigenvalue weighted by Crippen LogP contribution is -2.39. The van der Waals surface area contributed by atoms with Crippen molar-refractivity contribution in [3.63, 3.8) is 0 Å². The van der Waals surface area contributed by atoms with Gasteiger partial charge in [0.2, 0.25) is 0 Å². The molecule has 11 nitrogen and oxygen atoms in total. The van der Waals surface area contributed by atoms with Crippen molar-refractivity contribution in [2.24, 2.45) is 5.73 Å². The highest BCUT2D eigenvalue weighted by Gasteiger charge is 2.25. The van der Waals surface area contributed by atoms with Crippen molar-refractivity contribution in [3.05, 3.63) is 23.8 Å². The molecule has 0 aliphatic carbocycles. The molecule has 3 atom stereocenters. The Morgan fingerprint density at radius 3 is 1.92 bits per heavy atom. The third-order valence-corrected chi connectivity index (χ3v) is 4.74. The average molecular weight is 512 g/mol. The van der Waals surface area contributed by atoms with Gasteiger partial charge in [0, 0.05) is 6.42 Å². The van der Waals surface area contributed by atoms with Crippen LogP contribution in [0.2, 0.25) is 0 Å². The van der Waals surface area contributed by atoms with Crippen LogP contribution in [0.25, 0.3) is 0 Å². The summed E-state index contributed by atoms with van der Waals surface area (Å²) in [5, 5.41) is 0. The van der Waals surface area contributed by atoms with E-state index in [1.54, 1.807) is 19.9 Å². The second kappa shape index (κ2) is 16.4. The fourth-order valence-electron chi connectivity index (χ4n) is 2.72. The minimum Gasteiger partial charge on any atom is -0.459 e. The van der Waals surface area contributed by atoms with E-state index in [-0.39, 0.29) is 43.5 Å². The molecule has 202 valence electrons. The van der Waals surface area contributed by atoms with Gasteiger partial charge in [0.1, 0.15) is 18.2 Å². The summed E-state index contributed by atoms with van der Waals surface area (Å²) >= 11 is 0. The van der Waals surface area contributed by atoms with Gasteiger partial charge in [-0.05, 0) is 57.2 Å². The second-order valence-electron chi connectivity index (χ2n) is 8.08. The average Bonchev–Trinajstić information content (AvgIpc) is 2.82. The zero-order chi connectivity index (χ0) is 27.1. The number of hydrogen-bond acceptors (Lipinski definition) is 11. The third-order valence-electron chi connectivity index (χ3n) is 4.74. The molecule has 2 N–H and O–H groups in total. The number of nitrogens with two attached hydrogens (primary N) is 1. The number of ether oxygens (including phenoxy) is 6. The smallest absolute Gasteiger partial charge is 0.459 e. The minimum atomic E-state index is -1.06. The quantitative estimate of drug-likeness (QED) is 0.219. The van der Waals surface area contributed by atoms with Crippen LogP contribution < -0.4 is 15.2 Å². The molecule has 0 radical (unpaired) electrons. The van der Waals surface area contributed by atoms with Gasteiger partial charge < -0.3 is 34.2 Å². The van der Waals surface area contributed by atoms with Crippen molar-refractivity contribution < 1.29 is 47.6 Å². The summed E-state index contributed by atoms with van der Waals surface area (Å²) < 4.78 is 30.7. The van der Waals surface area contributed by atoms with Gasteiger partial charge in [-0.2, -0.15) is 0 Å². The molecule has 0 fully saturated rings. The van der Waals surface area contributed by atoms with Crippen LogP contribution in [0.15, 0.2) is 18.2 Å². The van der Waals surface area contributed by atoms with Crippen LogP contribution in [0.5, 0.6) is 11.5 Å². The standard InChI is InChI=1S/C25H37NO10/c1-6-9-22(27)33-16(4)17(5)34-23(28)19(26)14-18-10-11-20(35-24(29)31-12-7-2)21(15-18)36-25(30)32-13-8-3/h10-11,15-17,19H,6-9,12-14,26H2,1-5H3/t16?,17-,19-/m0/s1. The monoisotopic (exact) mass is 511 g/mol. The van der Waals surface area contributed by atoms with E-state index in [1.165, 1.54) is 12.1 Å². The Balaban J connectivity index is 2.89. The van der Waals surface area contributed by atoms with Crippen LogP contribution in [0.4, 0.5) is 9.59 Å². The SMILES string of the molecule is CCCOC(=O)Oc1ccc(C[C@H](N)C(=O)O[C@@H](C)C(C)OC(=O)CCC)cc1OC(=O)OCCC. The maximum absolute atomic E-state index is 12.5. The Labute approximate surface area is 211 Å². The van der Waals surface area contributed by atoms with Crippen molar-refractivity contribution in [1.29, 1.82) is 0 Å². The molecule has 36 heavy (non-hydrogen) atoms. The number of hydrogen-bond donors (Lipinski definition) is 1. The van der Waals surface area contributed by atoms with Crippen LogP contribution in [0, 0.1) is 0 Å². The second-order valence-corrected chi connectivity index (χ2v) is 8.08. The van der Waals surface area contributed by atoms with Crippen LogP contribution in [0.1, 0.15) is 65.9 Å². The summed E-state index contributed by atoms with van der Waals surface area (Å²) in [6.07, 6.45) is -1.14. The first-order valence-electron chi connectivity index (χ1n) is 12.1. The molecule has 1 unspecified atom stereocenters. The fraction of sp³-hybridized carbons (Fsp3) is 0.600. The largest absolute Gasteiger partial charge is 0.513 e. The first kappa shape index (κ1) is 30.7. The van der Waals surface area contributed by atoms with Crippen molar-refractivity contribution >= 4 is 24.2 Å². The van der Waals surface area contributed by atoms with Crippen molar-refractivity contribution in [3.8, 4) is 11.5 Å². The first-order chi connectivity index (χ1) is 17.1. The van der Waals surface area contributed by atoms with Gasteiger partial charge in [0.25, 0.3) is 0 Å². The molecule has 1 rings (SSSR count). The topological polar surface area (TPSA) is 150 Å². The normalized spacial score (nSPS) is 13.1. The van der Waals surface area contributed by atoms with Gasteiger partial charge in [0.15, 0.2) is 11.5 Å². The predicted molar refractivity (Wildman–Crippen MR) is 129 cm³/mol. The molecule has 0 spiro atoms. The zero-order valence-corrected chi connectivity index (χ0v) is 21.6. The Kier molecular flexibility index (Phi) is 13.9. The Morgan fingerprint density at radius 2 is 1.36 bits per heavy atom. The molecule has 11 heteroatoms. The van der Waals surface area contributed by atoms with Crippen LogP contribution >= 0.6 is 0 Å². The van der Waals surface area contributed by atoms with Gasteiger partial charge in [-0.3, -0.25) is 9.59 Å². The van der Waals surface area contributed by atoms with E-state index in [0.717, 1.165) is 0 Å². The molecule has 0 aliphatic rings. The van der Waals surface area contributed by atoms with E-state index < -0.39 is 36.5 Å². The first-order valence-corrected chi connectivity index (χ1v) is 12.1. The summed E-state index contributed by atoms with van der Waals surface area (Å²) in [7, 11) is 0. The number of carbonyl (C=O) groups is 4. The number of rotatable bonds is 14. The number of benzene rings is 1. The van der Waals surface area contributed by atoms with Crippen LogP contribution in [-0.2, 0) is 35.0 Å². The summed E-state index contributed by atoms with van der Waals surface area (Å²) in [6, 6.07) is 3.29. The van der Waals surface area contributed by atoms with Gasteiger partial charge in [-0.25, -0.2) is 9.59 Å². The maximum Gasteiger partial charge on any atom is 0.513 e. The molecular weight excluding hydrogens is 474 g/mol.